The summed E-state index contributed by atoms with van der Waals surface area (Å²) in [5, 5.41) is 0.475. The van der Waals surface area contributed by atoms with Gasteiger partial charge in [-0.3, -0.25) is 4.79 Å². The number of piperidine rings is 1. The normalized spacial score (nSPS) is 18.5. The van der Waals surface area contributed by atoms with E-state index < -0.39 is 15.7 Å². The van der Waals surface area contributed by atoms with E-state index in [2.05, 4.69) is 0 Å². The number of likely N-dealkylation sites (tertiary alicyclic amines) is 1. The quantitative estimate of drug-likeness (QED) is 0.614. The molecule has 0 bridgehead atoms. The van der Waals surface area contributed by atoms with Crippen LogP contribution in [0.4, 0.5) is 0 Å². The van der Waals surface area contributed by atoms with Crippen LogP contribution in [0.25, 0.3) is 0 Å². The van der Waals surface area contributed by atoms with Crippen LogP contribution in [0.3, 0.4) is 0 Å². The molecule has 0 aromatic heterocycles. The third-order valence-electron chi connectivity index (χ3n) is 6.22. The number of sulfonamides is 1. The van der Waals surface area contributed by atoms with E-state index in [1.165, 1.54) is 16.4 Å². The van der Waals surface area contributed by atoms with Crippen molar-refractivity contribution >= 4 is 27.5 Å². The van der Waals surface area contributed by atoms with Gasteiger partial charge in [0.05, 0.1) is 32.1 Å². The molecular weight excluding hydrogens is 468 g/mol. The van der Waals surface area contributed by atoms with Crippen molar-refractivity contribution in [3.8, 4) is 11.5 Å². The van der Waals surface area contributed by atoms with Gasteiger partial charge in [-0.25, -0.2) is 8.42 Å². The molecule has 4 rings (SSSR count). The summed E-state index contributed by atoms with van der Waals surface area (Å²) in [4.78, 5) is 14.9. The summed E-state index contributed by atoms with van der Waals surface area (Å²) in [5.74, 6) is 1.15. The van der Waals surface area contributed by atoms with E-state index in [0.717, 1.165) is 5.56 Å². The first kappa shape index (κ1) is 23.8. The van der Waals surface area contributed by atoms with Crippen molar-refractivity contribution in [2.24, 2.45) is 0 Å². The molecule has 0 aliphatic carbocycles. The summed E-state index contributed by atoms with van der Waals surface area (Å²) in [6.07, 6.45) is 1.05. The van der Waals surface area contributed by atoms with Crippen molar-refractivity contribution in [2.75, 3.05) is 40.5 Å². The molecule has 2 aromatic rings. The maximum atomic E-state index is 13.3. The van der Waals surface area contributed by atoms with Crippen LogP contribution in [0.1, 0.15) is 18.4 Å². The van der Waals surface area contributed by atoms with Gasteiger partial charge in [0.2, 0.25) is 15.9 Å². The fraction of sp³-hybridized carbons (Fsp3) is 0.435. The number of amides is 1. The number of ether oxygens (including phenoxy) is 3. The fourth-order valence-electron chi connectivity index (χ4n) is 4.44. The van der Waals surface area contributed by atoms with Crippen LogP contribution in [0.15, 0.2) is 47.4 Å². The van der Waals surface area contributed by atoms with Gasteiger partial charge in [-0.1, -0.05) is 17.7 Å². The third kappa shape index (κ3) is 4.68. The van der Waals surface area contributed by atoms with Crippen LogP contribution in [-0.4, -0.2) is 69.7 Å². The van der Waals surface area contributed by atoms with E-state index in [1.807, 2.05) is 6.07 Å². The molecule has 10 heteroatoms. The lowest BCUT2D eigenvalue weighted by Crippen LogP contribution is -2.55. The lowest BCUT2D eigenvalue weighted by atomic mass is 10.00. The van der Waals surface area contributed by atoms with E-state index >= 15 is 0 Å². The van der Waals surface area contributed by atoms with Gasteiger partial charge < -0.3 is 19.1 Å². The number of methoxy groups -OCH3 is 2. The van der Waals surface area contributed by atoms with Crippen molar-refractivity contribution in [3.63, 3.8) is 0 Å². The van der Waals surface area contributed by atoms with Gasteiger partial charge in [-0.05, 0) is 42.0 Å². The van der Waals surface area contributed by atoms with Crippen LogP contribution >= 0.6 is 11.6 Å². The van der Waals surface area contributed by atoms with Crippen LogP contribution in [0.2, 0.25) is 5.02 Å². The molecule has 1 amide bonds. The summed E-state index contributed by atoms with van der Waals surface area (Å²) in [5.41, 5.74) is -0.111. The van der Waals surface area contributed by atoms with Crippen molar-refractivity contribution in [1.29, 1.82) is 0 Å². The molecule has 1 spiro atoms. The van der Waals surface area contributed by atoms with Crippen molar-refractivity contribution in [3.05, 3.63) is 53.1 Å². The molecular formula is C23H27ClN2O6S. The second-order valence-electron chi connectivity index (χ2n) is 8.07. The zero-order valence-electron chi connectivity index (χ0n) is 18.6. The highest BCUT2D eigenvalue weighted by Crippen LogP contribution is 2.38. The van der Waals surface area contributed by atoms with Gasteiger partial charge in [0.1, 0.15) is 5.72 Å². The minimum atomic E-state index is -3.74. The Hall–Kier alpha value is -2.33. The summed E-state index contributed by atoms with van der Waals surface area (Å²) in [6, 6.07) is 11.5. The Morgan fingerprint density at radius 2 is 1.70 bits per heavy atom. The molecule has 0 radical (unpaired) electrons. The predicted octanol–water partition coefficient (Wildman–Crippen LogP) is 2.94. The Morgan fingerprint density at radius 3 is 2.33 bits per heavy atom. The molecule has 33 heavy (non-hydrogen) atoms. The molecule has 2 heterocycles. The Kier molecular flexibility index (Phi) is 6.86. The molecule has 0 atom stereocenters. The summed E-state index contributed by atoms with van der Waals surface area (Å²) < 4.78 is 44.6. The number of carbonyl (C=O) groups is 1. The maximum Gasteiger partial charge on any atom is 0.245 e. The monoisotopic (exact) mass is 494 g/mol. The fourth-order valence-corrected chi connectivity index (χ4v) is 6.29. The maximum absolute atomic E-state index is 13.3. The smallest absolute Gasteiger partial charge is 0.245 e. The number of nitrogens with zero attached hydrogens (tertiary/aromatic N) is 2. The minimum Gasteiger partial charge on any atom is -0.493 e. The Bertz CT molecular complexity index is 1110. The number of halogens is 1. The Balaban J connectivity index is 1.44. The molecule has 0 unspecified atom stereocenters. The van der Waals surface area contributed by atoms with E-state index in [1.54, 1.807) is 43.4 Å². The molecule has 2 fully saturated rings. The standard InChI is InChI=1S/C23H27ClN2O6S/c1-30-20-8-3-17(15-21(20)31-2)16-22(27)25-11-9-23(10-12-25)26(13-14-32-23)33(28,29)19-6-4-18(24)5-7-19/h3-8,15H,9-14,16H2,1-2H3. The zero-order valence-corrected chi connectivity index (χ0v) is 20.2. The van der Waals surface area contributed by atoms with Gasteiger partial charge >= 0.3 is 0 Å². The first-order chi connectivity index (χ1) is 15.8. The topological polar surface area (TPSA) is 85.4 Å². The first-order valence-corrected chi connectivity index (χ1v) is 12.5. The van der Waals surface area contributed by atoms with Crippen molar-refractivity contribution < 1.29 is 27.4 Å². The highest BCUT2D eigenvalue weighted by Gasteiger charge is 2.50. The summed E-state index contributed by atoms with van der Waals surface area (Å²) in [6.45, 7) is 1.44. The van der Waals surface area contributed by atoms with Crippen LogP contribution < -0.4 is 9.47 Å². The molecule has 2 aliphatic rings. The zero-order chi connectivity index (χ0) is 23.6. The van der Waals surface area contributed by atoms with Crippen molar-refractivity contribution in [1.82, 2.24) is 9.21 Å². The molecule has 2 aliphatic heterocycles. The molecule has 0 saturated carbocycles. The average Bonchev–Trinajstić information content (AvgIpc) is 3.23. The minimum absolute atomic E-state index is 0.0258. The number of rotatable bonds is 6. The first-order valence-electron chi connectivity index (χ1n) is 10.7. The highest BCUT2D eigenvalue weighted by molar-refractivity contribution is 7.89. The molecule has 2 saturated heterocycles. The Labute approximate surface area is 199 Å². The second kappa shape index (κ2) is 9.50. The largest absolute Gasteiger partial charge is 0.493 e. The molecule has 2 aromatic carbocycles. The number of hydrogen-bond donors (Lipinski definition) is 0. The number of benzene rings is 2. The van der Waals surface area contributed by atoms with Crippen LogP contribution in [0.5, 0.6) is 11.5 Å². The molecule has 8 nitrogen and oxygen atoms in total. The predicted molar refractivity (Wildman–Crippen MR) is 123 cm³/mol. The molecule has 178 valence electrons. The van der Waals surface area contributed by atoms with E-state index in [-0.39, 0.29) is 23.8 Å². The summed E-state index contributed by atoms with van der Waals surface area (Å²) >= 11 is 5.92. The number of carbonyl (C=O) groups excluding carboxylic acids is 1. The third-order valence-corrected chi connectivity index (χ3v) is 8.44. The number of hydrogen-bond acceptors (Lipinski definition) is 6. The van der Waals surface area contributed by atoms with Gasteiger partial charge in [0.25, 0.3) is 0 Å². The van der Waals surface area contributed by atoms with Gasteiger partial charge in [0, 0.05) is 37.5 Å². The Morgan fingerprint density at radius 1 is 1.03 bits per heavy atom. The van der Waals surface area contributed by atoms with E-state index in [0.29, 0.717) is 49.1 Å². The van der Waals surface area contributed by atoms with Gasteiger partial charge in [-0.2, -0.15) is 4.31 Å². The van der Waals surface area contributed by atoms with E-state index in [9.17, 15) is 13.2 Å². The summed E-state index contributed by atoms with van der Waals surface area (Å²) in [7, 11) is -0.626. The highest BCUT2D eigenvalue weighted by atomic mass is 35.5. The lowest BCUT2D eigenvalue weighted by Gasteiger charge is -2.42. The second-order valence-corrected chi connectivity index (χ2v) is 10.4. The van der Waals surface area contributed by atoms with Crippen LogP contribution in [0, 0.1) is 0 Å². The van der Waals surface area contributed by atoms with Gasteiger partial charge in [0.15, 0.2) is 11.5 Å². The van der Waals surface area contributed by atoms with Gasteiger partial charge in [-0.15, -0.1) is 0 Å². The SMILES string of the molecule is COc1ccc(CC(=O)N2CCC3(CC2)OCCN3S(=O)(=O)c2ccc(Cl)cc2)cc1OC. The van der Waals surface area contributed by atoms with E-state index in [4.69, 9.17) is 25.8 Å². The average molecular weight is 495 g/mol. The van der Waals surface area contributed by atoms with Crippen molar-refractivity contribution in [2.45, 2.75) is 29.9 Å². The lowest BCUT2D eigenvalue weighted by molar-refractivity contribution is -0.139. The van der Waals surface area contributed by atoms with Crippen LogP contribution in [-0.2, 0) is 26.0 Å². The molecule has 0 N–H and O–H groups in total.